The first-order valence-corrected chi connectivity index (χ1v) is 18.1. The van der Waals surface area contributed by atoms with Gasteiger partial charge < -0.3 is 24.4 Å². The number of aryl methyl sites for hydroxylation is 1. The summed E-state index contributed by atoms with van der Waals surface area (Å²) in [4.78, 5) is 33.2. The normalized spacial score (nSPS) is 18.7. The van der Waals surface area contributed by atoms with E-state index < -0.39 is 11.4 Å². The summed E-state index contributed by atoms with van der Waals surface area (Å²) in [6, 6.07) is 12.6. The number of amides is 1. The third kappa shape index (κ3) is 9.90. The van der Waals surface area contributed by atoms with Crippen molar-refractivity contribution in [1.29, 1.82) is 0 Å². The molecule has 9 heteroatoms. The molecule has 0 bridgehead atoms. The maximum absolute atomic E-state index is 14.3. The SMILES string of the molecule is CC(C)c1nc2c(c(-c3ccc(F)cc3)c1/C=C/[C@@H]1C[C@H](CC(=O)OC(C)(C)C)OC(C)(C)O1)CCCc1cc(C(=O)NCCN(C)C)ccc1-2. The third-order valence-corrected chi connectivity index (χ3v) is 9.06. The van der Waals surface area contributed by atoms with Crippen LogP contribution in [0.15, 0.2) is 48.5 Å². The van der Waals surface area contributed by atoms with Crippen LogP contribution >= 0.6 is 0 Å². The molecule has 2 aliphatic rings. The summed E-state index contributed by atoms with van der Waals surface area (Å²) in [5.41, 5.74) is 8.00. The van der Waals surface area contributed by atoms with E-state index in [1.54, 1.807) is 0 Å². The number of carbonyl (C=O) groups is 2. The van der Waals surface area contributed by atoms with Gasteiger partial charge in [-0.15, -0.1) is 0 Å². The monoisotopic (exact) mass is 699 g/mol. The maximum Gasteiger partial charge on any atom is 0.308 e. The summed E-state index contributed by atoms with van der Waals surface area (Å²) in [6.07, 6.45) is 6.49. The largest absolute Gasteiger partial charge is 0.460 e. The van der Waals surface area contributed by atoms with E-state index in [1.807, 2.05) is 90.0 Å². The highest BCUT2D eigenvalue weighted by molar-refractivity contribution is 5.95. The first kappa shape index (κ1) is 38.3. The van der Waals surface area contributed by atoms with Gasteiger partial charge in [-0.05, 0) is 120 Å². The van der Waals surface area contributed by atoms with Crippen LogP contribution in [0.2, 0.25) is 0 Å². The number of hydrogen-bond donors (Lipinski definition) is 1. The summed E-state index contributed by atoms with van der Waals surface area (Å²) in [6.45, 7) is 14.9. The van der Waals surface area contributed by atoms with Crippen LogP contribution in [0.4, 0.5) is 4.39 Å². The number of benzene rings is 2. The van der Waals surface area contributed by atoms with Crippen LogP contribution in [0, 0.1) is 5.82 Å². The minimum absolute atomic E-state index is 0.0644. The molecule has 1 N–H and O–H groups in total. The lowest BCUT2D eigenvalue weighted by Crippen LogP contribution is -2.45. The lowest BCUT2D eigenvalue weighted by Gasteiger charge is -2.40. The molecule has 274 valence electrons. The van der Waals surface area contributed by atoms with Gasteiger partial charge in [-0.2, -0.15) is 0 Å². The topological polar surface area (TPSA) is 90.0 Å². The fraction of sp³-hybridized carbons (Fsp3) is 0.500. The molecule has 51 heavy (non-hydrogen) atoms. The van der Waals surface area contributed by atoms with E-state index in [9.17, 15) is 14.0 Å². The van der Waals surface area contributed by atoms with Crippen molar-refractivity contribution in [3.8, 4) is 22.4 Å². The molecule has 2 atom stereocenters. The van der Waals surface area contributed by atoms with E-state index in [0.29, 0.717) is 18.5 Å². The molecule has 0 radical (unpaired) electrons. The highest BCUT2D eigenvalue weighted by atomic mass is 19.1. The van der Waals surface area contributed by atoms with Gasteiger partial charge in [0.2, 0.25) is 0 Å². The Labute approximate surface area is 302 Å². The number of aromatic nitrogens is 1. The second-order valence-electron chi connectivity index (χ2n) is 15.7. The molecule has 5 rings (SSSR count). The van der Waals surface area contributed by atoms with Gasteiger partial charge in [-0.25, -0.2) is 4.39 Å². The van der Waals surface area contributed by atoms with E-state index in [1.165, 1.54) is 12.1 Å². The molecule has 1 saturated heterocycles. The number of likely N-dealkylation sites (N-methyl/N-ethyl adjacent to an activating group) is 1. The van der Waals surface area contributed by atoms with Gasteiger partial charge in [-0.3, -0.25) is 14.6 Å². The predicted molar refractivity (Wildman–Crippen MR) is 200 cm³/mol. The van der Waals surface area contributed by atoms with Crippen molar-refractivity contribution in [2.24, 2.45) is 0 Å². The molecule has 2 aromatic carbocycles. The average molecular weight is 700 g/mol. The van der Waals surface area contributed by atoms with Crippen molar-refractivity contribution in [3.05, 3.63) is 82.3 Å². The molecule has 1 aliphatic carbocycles. The zero-order valence-electron chi connectivity index (χ0n) is 31.7. The zero-order chi connectivity index (χ0) is 37.1. The molecule has 0 unspecified atom stereocenters. The second kappa shape index (κ2) is 15.8. The first-order chi connectivity index (χ1) is 24.0. The Morgan fingerprint density at radius 1 is 1.10 bits per heavy atom. The number of esters is 1. The number of ether oxygens (including phenoxy) is 3. The van der Waals surface area contributed by atoms with Crippen molar-refractivity contribution in [1.82, 2.24) is 15.2 Å². The van der Waals surface area contributed by atoms with Crippen LogP contribution in [0.3, 0.4) is 0 Å². The van der Waals surface area contributed by atoms with Crippen LogP contribution in [0.1, 0.15) is 106 Å². The number of nitrogens with one attached hydrogen (secondary N) is 1. The molecule has 8 nitrogen and oxygen atoms in total. The Morgan fingerprint density at radius 2 is 1.82 bits per heavy atom. The summed E-state index contributed by atoms with van der Waals surface area (Å²) >= 11 is 0. The standard InChI is InChI=1S/C42H54FN3O5/c1-26(2)38-35(20-18-31-24-32(50-42(6,7)49-31)25-36(47)51-41(3,4)5)37(27-13-16-30(43)17-14-27)34-12-10-11-28-23-29(15-19-33(28)39(34)45-38)40(48)44-21-22-46(8)9/h13-20,23,26,31-32H,10-12,21-22,24-25H2,1-9H3,(H,44,48)/b20-18+/t31-,32-/m1/s1. The van der Waals surface area contributed by atoms with Crippen molar-refractivity contribution < 1.29 is 28.2 Å². The number of hydrogen-bond acceptors (Lipinski definition) is 7. The van der Waals surface area contributed by atoms with Gasteiger partial charge in [0.05, 0.1) is 30.0 Å². The zero-order valence-corrected chi connectivity index (χ0v) is 31.7. The van der Waals surface area contributed by atoms with Gasteiger partial charge in [-0.1, -0.05) is 44.2 Å². The summed E-state index contributed by atoms with van der Waals surface area (Å²) in [5, 5.41) is 3.03. The van der Waals surface area contributed by atoms with Crippen LogP contribution in [-0.4, -0.2) is 72.5 Å². The van der Waals surface area contributed by atoms with Crippen molar-refractivity contribution in [3.63, 3.8) is 0 Å². The second-order valence-corrected chi connectivity index (χ2v) is 15.7. The Bertz CT molecular complexity index is 1760. The van der Waals surface area contributed by atoms with Gasteiger partial charge in [0.15, 0.2) is 5.79 Å². The lowest BCUT2D eigenvalue weighted by molar-refractivity contribution is -0.290. The Hall–Kier alpha value is -3.92. The number of carbonyl (C=O) groups excluding carboxylic acids is 2. The van der Waals surface area contributed by atoms with Gasteiger partial charge in [0.25, 0.3) is 5.91 Å². The summed E-state index contributed by atoms with van der Waals surface area (Å²) in [5.74, 6) is -1.52. The molecular weight excluding hydrogens is 645 g/mol. The molecule has 1 aliphatic heterocycles. The molecule has 0 spiro atoms. The minimum Gasteiger partial charge on any atom is -0.460 e. The van der Waals surface area contributed by atoms with Crippen molar-refractivity contribution in [2.75, 3.05) is 27.2 Å². The third-order valence-electron chi connectivity index (χ3n) is 9.06. The Balaban J connectivity index is 1.56. The number of rotatable bonds is 10. The average Bonchev–Trinajstić information content (AvgIpc) is 3.20. The number of nitrogens with zero attached hydrogens (tertiary/aromatic N) is 2. The van der Waals surface area contributed by atoms with Crippen molar-refractivity contribution in [2.45, 2.75) is 110 Å². The van der Waals surface area contributed by atoms with E-state index in [0.717, 1.165) is 70.6 Å². The van der Waals surface area contributed by atoms with E-state index >= 15 is 0 Å². The molecule has 0 saturated carbocycles. The lowest BCUT2D eigenvalue weighted by atomic mass is 9.86. The van der Waals surface area contributed by atoms with Crippen molar-refractivity contribution >= 4 is 18.0 Å². The van der Waals surface area contributed by atoms with Gasteiger partial charge in [0, 0.05) is 36.2 Å². The number of pyridine rings is 1. The quantitative estimate of drug-likeness (QED) is 0.214. The number of fused-ring (bicyclic) bond motifs is 3. The highest BCUT2D eigenvalue weighted by Gasteiger charge is 2.36. The van der Waals surface area contributed by atoms with E-state index in [2.05, 4.69) is 25.2 Å². The molecule has 3 aromatic rings. The summed E-state index contributed by atoms with van der Waals surface area (Å²) in [7, 11) is 3.96. The fourth-order valence-corrected chi connectivity index (χ4v) is 6.97. The number of halogens is 1. The van der Waals surface area contributed by atoms with Crippen LogP contribution in [-0.2, 0) is 31.8 Å². The maximum atomic E-state index is 14.3. The fourth-order valence-electron chi connectivity index (χ4n) is 6.97. The highest BCUT2D eigenvalue weighted by Crippen LogP contribution is 2.42. The van der Waals surface area contributed by atoms with E-state index in [-0.39, 0.29) is 42.2 Å². The molecule has 1 amide bonds. The van der Waals surface area contributed by atoms with E-state index in [4.69, 9.17) is 19.2 Å². The van der Waals surface area contributed by atoms with Crippen LogP contribution in [0.25, 0.3) is 28.5 Å². The van der Waals surface area contributed by atoms with Crippen LogP contribution < -0.4 is 5.32 Å². The molecule has 1 fully saturated rings. The Morgan fingerprint density at radius 3 is 2.49 bits per heavy atom. The predicted octanol–water partition coefficient (Wildman–Crippen LogP) is 8.11. The Kier molecular flexibility index (Phi) is 11.8. The smallest absolute Gasteiger partial charge is 0.308 e. The van der Waals surface area contributed by atoms with Gasteiger partial charge in [0.1, 0.15) is 11.4 Å². The molecular formula is C42H54FN3O5. The molecule has 1 aromatic heterocycles. The first-order valence-electron chi connectivity index (χ1n) is 18.1. The van der Waals surface area contributed by atoms with Gasteiger partial charge >= 0.3 is 5.97 Å². The summed E-state index contributed by atoms with van der Waals surface area (Å²) < 4.78 is 32.4. The van der Waals surface area contributed by atoms with Crippen LogP contribution in [0.5, 0.6) is 0 Å². The molecule has 2 heterocycles. The minimum atomic E-state index is -0.904.